The molecule has 19 heavy (non-hydrogen) atoms. The molecule has 2 nitrogen and oxygen atoms in total. The van der Waals surface area contributed by atoms with Gasteiger partial charge in [-0.05, 0) is 12.0 Å². The van der Waals surface area contributed by atoms with Crippen molar-refractivity contribution in [1.29, 1.82) is 0 Å². The molecule has 0 radical (unpaired) electrons. The van der Waals surface area contributed by atoms with Gasteiger partial charge >= 0.3 is 0 Å². The summed E-state index contributed by atoms with van der Waals surface area (Å²) in [5.41, 5.74) is 1.42. The minimum absolute atomic E-state index is 0.674. The molecule has 1 atom stereocenters. The second kappa shape index (κ2) is 8.41. The van der Waals surface area contributed by atoms with Crippen molar-refractivity contribution in [2.75, 3.05) is 31.1 Å². The molecule has 1 fully saturated rings. The summed E-state index contributed by atoms with van der Waals surface area (Å²) in [5.74, 6) is 2.24. The first-order chi connectivity index (χ1) is 9.38. The minimum atomic E-state index is 0.674. The summed E-state index contributed by atoms with van der Waals surface area (Å²) >= 11 is 1.95. The van der Waals surface area contributed by atoms with E-state index in [0.29, 0.717) is 6.04 Å². The van der Waals surface area contributed by atoms with E-state index in [4.69, 9.17) is 0 Å². The highest BCUT2D eigenvalue weighted by atomic mass is 32.2. The van der Waals surface area contributed by atoms with E-state index in [2.05, 4.69) is 47.1 Å². The van der Waals surface area contributed by atoms with Crippen LogP contribution in [0.5, 0.6) is 0 Å². The van der Waals surface area contributed by atoms with Crippen LogP contribution >= 0.6 is 11.8 Å². The fourth-order valence-electron chi connectivity index (χ4n) is 2.49. The molecule has 1 unspecified atom stereocenters. The molecule has 104 valence electrons. The van der Waals surface area contributed by atoms with Crippen LogP contribution < -0.4 is 5.32 Å². The average molecular weight is 276 g/mol. The Kier molecular flexibility index (Phi) is 6.48. The lowest BCUT2D eigenvalue weighted by molar-refractivity contribution is 0.321. The van der Waals surface area contributed by atoms with Crippen molar-refractivity contribution in [3.63, 3.8) is 0 Å². The van der Waals surface area contributed by atoms with E-state index in [-0.39, 0.29) is 0 Å². The van der Waals surface area contributed by atoms with E-state index in [0.717, 1.165) is 18.8 Å². The van der Waals surface area contributed by atoms with Crippen LogP contribution in [0.2, 0.25) is 0 Å². The summed E-state index contributed by atoms with van der Waals surface area (Å²) < 4.78 is 0. The van der Waals surface area contributed by atoms with Gasteiger partial charge in [0.15, 0.2) is 0 Å². The quantitative estimate of drug-likeness (QED) is 0.580. The Balaban J connectivity index is 1.62. The lowest BCUT2D eigenvalue weighted by atomic mass is 10.2. The van der Waals surface area contributed by atoms with E-state index < -0.39 is 0 Å². The molecule has 0 spiro atoms. The molecule has 0 bridgehead atoms. The third-order valence-electron chi connectivity index (χ3n) is 3.44. The third-order valence-corrected chi connectivity index (χ3v) is 4.40. The number of thioether (sulfide) groups is 1. The number of likely N-dealkylation sites (tertiary alicyclic amines) is 1. The maximum Gasteiger partial charge on any atom is 0.0234 e. The van der Waals surface area contributed by atoms with E-state index >= 15 is 0 Å². The lowest BCUT2D eigenvalue weighted by Crippen LogP contribution is -2.33. The highest BCUT2D eigenvalue weighted by Gasteiger charge is 2.21. The SMILES string of the molecule is C=CCSCCNC1CCN(Cc2ccccc2)C1. The summed E-state index contributed by atoms with van der Waals surface area (Å²) in [4.78, 5) is 2.55. The summed E-state index contributed by atoms with van der Waals surface area (Å²) in [6.45, 7) is 8.33. The van der Waals surface area contributed by atoms with E-state index in [1.54, 1.807) is 0 Å². The molecule has 1 saturated heterocycles. The van der Waals surface area contributed by atoms with Gasteiger partial charge in [-0.15, -0.1) is 6.58 Å². The first kappa shape index (κ1) is 14.6. The van der Waals surface area contributed by atoms with Gasteiger partial charge in [0.1, 0.15) is 0 Å². The van der Waals surface area contributed by atoms with Crippen molar-refractivity contribution in [2.45, 2.75) is 19.0 Å². The van der Waals surface area contributed by atoms with Crippen LogP contribution in [-0.2, 0) is 6.54 Å². The van der Waals surface area contributed by atoms with Gasteiger partial charge in [0, 0.05) is 43.7 Å². The predicted octanol–water partition coefficient (Wildman–Crippen LogP) is 2.77. The van der Waals surface area contributed by atoms with E-state index in [1.807, 2.05) is 17.8 Å². The molecule has 0 aromatic heterocycles. The lowest BCUT2D eigenvalue weighted by Gasteiger charge is -2.16. The zero-order chi connectivity index (χ0) is 13.3. The van der Waals surface area contributed by atoms with Crippen LogP contribution in [-0.4, -0.2) is 42.1 Å². The zero-order valence-electron chi connectivity index (χ0n) is 11.6. The number of hydrogen-bond donors (Lipinski definition) is 1. The number of nitrogens with zero attached hydrogens (tertiary/aromatic N) is 1. The molecule has 1 aromatic rings. The largest absolute Gasteiger partial charge is 0.312 e. The predicted molar refractivity (Wildman–Crippen MR) is 85.6 cm³/mol. The monoisotopic (exact) mass is 276 g/mol. The molecular formula is C16H24N2S. The molecule has 1 aliphatic rings. The summed E-state index contributed by atoms with van der Waals surface area (Å²) in [6.07, 6.45) is 3.25. The van der Waals surface area contributed by atoms with Gasteiger partial charge in [0.2, 0.25) is 0 Å². The van der Waals surface area contributed by atoms with Gasteiger partial charge in [0.05, 0.1) is 0 Å². The highest BCUT2D eigenvalue weighted by Crippen LogP contribution is 2.13. The Bertz CT molecular complexity index is 366. The van der Waals surface area contributed by atoms with Crippen LogP contribution in [0.1, 0.15) is 12.0 Å². The normalized spacial score (nSPS) is 19.7. The highest BCUT2D eigenvalue weighted by molar-refractivity contribution is 7.99. The van der Waals surface area contributed by atoms with Crippen molar-refractivity contribution in [3.05, 3.63) is 48.6 Å². The minimum Gasteiger partial charge on any atom is -0.312 e. The fraction of sp³-hybridized carbons (Fsp3) is 0.500. The number of hydrogen-bond acceptors (Lipinski definition) is 3. The number of rotatable bonds is 8. The number of benzene rings is 1. The van der Waals surface area contributed by atoms with E-state index in [1.165, 1.54) is 30.8 Å². The second-order valence-corrected chi connectivity index (χ2v) is 6.17. The first-order valence-electron chi connectivity index (χ1n) is 7.07. The topological polar surface area (TPSA) is 15.3 Å². The van der Waals surface area contributed by atoms with Crippen molar-refractivity contribution >= 4 is 11.8 Å². The first-order valence-corrected chi connectivity index (χ1v) is 8.22. The van der Waals surface area contributed by atoms with Crippen molar-refractivity contribution in [1.82, 2.24) is 10.2 Å². The van der Waals surface area contributed by atoms with Gasteiger partial charge in [-0.2, -0.15) is 11.8 Å². The maximum atomic E-state index is 3.74. The molecule has 1 N–H and O–H groups in total. The molecule has 2 rings (SSSR count). The molecule has 0 saturated carbocycles. The zero-order valence-corrected chi connectivity index (χ0v) is 12.4. The van der Waals surface area contributed by atoms with Gasteiger partial charge in [-0.3, -0.25) is 4.90 Å². The molecule has 3 heteroatoms. The van der Waals surface area contributed by atoms with Crippen molar-refractivity contribution in [3.8, 4) is 0 Å². The maximum absolute atomic E-state index is 3.74. The second-order valence-electron chi connectivity index (χ2n) is 5.02. The Morgan fingerprint density at radius 2 is 2.21 bits per heavy atom. The Morgan fingerprint density at radius 1 is 1.37 bits per heavy atom. The Hall–Kier alpha value is -0.770. The molecular weight excluding hydrogens is 252 g/mol. The van der Waals surface area contributed by atoms with Gasteiger partial charge in [-0.1, -0.05) is 36.4 Å². The summed E-state index contributed by atoms with van der Waals surface area (Å²) in [6, 6.07) is 11.4. The summed E-state index contributed by atoms with van der Waals surface area (Å²) in [7, 11) is 0. The smallest absolute Gasteiger partial charge is 0.0234 e. The molecule has 1 aromatic carbocycles. The number of nitrogens with one attached hydrogen (secondary N) is 1. The summed E-state index contributed by atoms with van der Waals surface area (Å²) in [5, 5.41) is 3.66. The molecule has 1 aliphatic heterocycles. The Morgan fingerprint density at radius 3 is 3.00 bits per heavy atom. The average Bonchev–Trinajstić information content (AvgIpc) is 2.87. The molecule has 0 amide bonds. The van der Waals surface area contributed by atoms with Crippen LogP contribution in [0, 0.1) is 0 Å². The van der Waals surface area contributed by atoms with Crippen LogP contribution in [0.4, 0.5) is 0 Å². The standard InChI is InChI=1S/C16H24N2S/c1-2-11-19-12-9-17-16-8-10-18(14-16)13-15-6-4-3-5-7-15/h2-7,16-17H,1,8-14H2. The van der Waals surface area contributed by atoms with Crippen molar-refractivity contribution in [2.24, 2.45) is 0 Å². The van der Waals surface area contributed by atoms with Crippen LogP contribution in [0.25, 0.3) is 0 Å². The van der Waals surface area contributed by atoms with Crippen molar-refractivity contribution < 1.29 is 0 Å². The van der Waals surface area contributed by atoms with E-state index in [9.17, 15) is 0 Å². The Labute approximate surface area is 121 Å². The van der Waals surface area contributed by atoms with Crippen LogP contribution in [0.15, 0.2) is 43.0 Å². The van der Waals surface area contributed by atoms with Gasteiger partial charge < -0.3 is 5.32 Å². The molecule has 0 aliphatic carbocycles. The van der Waals surface area contributed by atoms with Crippen LogP contribution in [0.3, 0.4) is 0 Å². The third kappa shape index (κ3) is 5.39. The fourth-order valence-corrected chi connectivity index (χ4v) is 3.08. The van der Waals surface area contributed by atoms with Gasteiger partial charge in [-0.25, -0.2) is 0 Å². The molecule has 1 heterocycles. The van der Waals surface area contributed by atoms with Gasteiger partial charge in [0.25, 0.3) is 0 Å².